The lowest BCUT2D eigenvalue weighted by Crippen LogP contribution is -1.98. The fourth-order valence-electron chi connectivity index (χ4n) is 2.81. The minimum Gasteiger partial charge on any atom is -0.489 e. The van der Waals surface area contributed by atoms with Gasteiger partial charge in [-0.3, -0.25) is 4.79 Å². The zero-order chi connectivity index (χ0) is 20.5. The first-order chi connectivity index (χ1) is 13.9. The number of hydrogen-bond donors (Lipinski definition) is 0. The number of rotatable bonds is 4. The third-order valence-corrected chi connectivity index (χ3v) is 5.75. The predicted molar refractivity (Wildman–Crippen MR) is 117 cm³/mol. The van der Waals surface area contributed by atoms with Crippen LogP contribution >= 0.6 is 46.4 Å². The third-order valence-electron chi connectivity index (χ3n) is 4.27. The van der Waals surface area contributed by atoms with Crippen LogP contribution in [0.5, 0.6) is 11.5 Å². The molecule has 0 N–H and O–H groups in total. The number of fused-ring (bicyclic) bond motifs is 1. The molecule has 0 atom stereocenters. The SMILES string of the molecule is O=C1C(=Cc2ccc(Cl)c(Cl)c2)Oc2cc(OCc3ccc(Cl)c(Cl)c3)ccc21. The average Bonchev–Trinajstić information content (AvgIpc) is 3.00. The lowest BCUT2D eigenvalue weighted by atomic mass is 10.1. The van der Waals surface area contributed by atoms with Crippen molar-refractivity contribution in [2.75, 3.05) is 0 Å². The lowest BCUT2D eigenvalue weighted by Gasteiger charge is -2.08. The van der Waals surface area contributed by atoms with Gasteiger partial charge in [-0.2, -0.15) is 0 Å². The van der Waals surface area contributed by atoms with Gasteiger partial charge in [0.2, 0.25) is 5.78 Å². The quantitative estimate of drug-likeness (QED) is 0.374. The minimum atomic E-state index is -0.206. The molecule has 0 bridgehead atoms. The van der Waals surface area contributed by atoms with Gasteiger partial charge in [-0.15, -0.1) is 0 Å². The molecule has 0 amide bonds. The summed E-state index contributed by atoms with van der Waals surface area (Å²) in [4.78, 5) is 12.6. The van der Waals surface area contributed by atoms with Crippen LogP contribution in [0.25, 0.3) is 6.08 Å². The van der Waals surface area contributed by atoms with Gasteiger partial charge in [0.1, 0.15) is 18.1 Å². The summed E-state index contributed by atoms with van der Waals surface area (Å²) in [6.07, 6.45) is 1.63. The first-order valence-electron chi connectivity index (χ1n) is 8.51. The Morgan fingerprint density at radius 1 is 0.828 bits per heavy atom. The Labute approximate surface area is 187 Å². The van der Waals surface area contributed by atoms with E-state index in [2.05, 4.69) is 0 Å². The van der Waals surface area contributed by atoms with Crippen molar-refractivity contribution in [3.63, 3.8) is 0 Å². The molecule has 4 rings (SSSR count). The van der Waals surface area contributed by atoms with Crippen molar-refractivity contribution in [3.8, 4) is 11.5 Å². The Bertz CT molecular complexity index is 1150. The fourth-order valence-corrected chi connectivity index (χ4v) is 3.43. The zero-order valence-corrected chi connectivity index (χ0v) is 17.7. The number of allylic oxidation sites excluding steroid dienone is 1. The Morgan fingerprint density at radius 3 is 2.28 bits per heavy atom. The van der Waals surface area contributed by atoms with Crippen molar-refractivity contribution in [1.82, 2.24) is 0 Å². The molecular weight excluding hydrogens is 454 g/mol. The van der Waals surface area contributed by atoms with E-state index in [9.17, 15) is 4.79 Å². The molecule has 1 aliphatic rings. The first kappa shape index (κ1) is 20.1. The van der Waals surface area contributed by atoms with Crippen molar-refractivity contribution < 1.29 is 14.3 Å². The summed E-state index contributed by atoms with van der Waals surface area (Å²) >= 11 is 23.9. The summed E-state index contributed by atoms with van der Waals surface area (Å²) in [5.41, 5.74) is 2.06. The number of ether oxygens (including phenoxy) is 2. The molecule has 7 heteroatoms. The molecule has 0 radical (unpaired) electrons. The van der Waals surface area contributed by atoms with Gasteiger partial charge in [-0.05, 0) is 53.6 Å². The van der Waals surface area contributed by atoms with Gasteiger partial charge in [-0.25, -0.2) is 0 Å². The van der Waals surface area contributed by atoms with Crippen LogP contribution in [0.1, 0.15) is 21.5 Å². The van der Waals surface area contributed by atoms with Crippen LogP contribution in [0.15, 0.2) is 60.4 Å². The van der Waals surface area contributed by atoms with Gasteiger partial charge in [-0.1, -0.05) is 58.5 Å². The van der Waals surface area contributed by atoms with Crippen molar-refractivity contribution in [2.45, 2.75) is 6.61 Å². The van der Waals surface area contributed by atoms with E-state index in [1.54, 1.807) is 54.6 Å². The summed E-state index contributed by atoms with van der Waals surface area (Å²) in [7, 11) is 0. The second-order valence-corrected chi connectivity index (χ2v) is 7.94. The number of ketones is 1. The number of halogens is 4. The maximum Gasteiger partial charge on any atom is 0.231 e. The fraction of sp³-hybridized carbons (Fsp3) is 0.0455. The topological polar surface area (TPSA) is 35.5 Å². The van der Waals surface area contributed by atoms with E-state index >= 15 is 0 Å². The molecule has 3 nitrogen and oxygen atoms in total. The van der Waals surface area contributed by atoms with Crippen molar-refractivity contribution in [3.05, 3.63) is 97.1 Å². The van der Waals surface area contributed by atoms with E-state index in [1.165, 1.54) is 0 Å². The largest absolute Gasteiger partial charge is 0.489 e. The van der Waals surface area contributed by atoms with Crippen LogP contribution in [0.2, 0.25) is 20.1 Å². The number of carbonyl (C=O) groups excluding carboxylic acids is 1. The Balaban J connectivity index is 1.51. The molecule has 1 heterocycles. The highest BCUT2D eigenvalue weighted by molar-refractivity contribution is 6.42. The molecular formula is C22H12Cl4O3. The highest BCUT2D eigenvalue weighted by Crippen LogP contribution is 2.35. The molecule has 0 saturated heterocycles. The number of Topliss-reactive ketones (excluding diaryl/α,β-unsaturated/α-hetero) is 1. The molecule has 3 aromatic carbocycles. The zero-order valence-electron chi connectivity index (χ0n) is 14.7. The Kier molecular flexibility index (Phi) is 5.75. The summed E-state index contributed by atoms with van der Waals surface area (Å²) in [6, 6.07) is 15.5. The molecule has 0 aliphatic carbocycles. The van der Waals surface area contributed by atoms with Crippen LogP contribution in [0.3, 0.4) is 0 Å². The summed E-state index contributed by atoms with van der Waals surface area (Å²) < 4.78 is 11.5. The first-order valence-corrected chi connectivity index (χ1v) is 10.0. The summed E-state index contributed by atoms with van der Waals surface area (Å²) in [6.45, 7) is 0.301. The molecule has 1 aliphatic heterocycles. The van der Waals surface area contributed by atoms with Crippen LogP contribution < -0.4 is 9.47 Å². The Morgan fingerprint density at radius 2 is 1.55 bits per heavy atom. The maximum atomic E-state index is 12.6. The highest BCUT2D eigenvalue weighted by atomic mass is 35.5. The molecule has 0 saturated carbocycles. The van der Waals surface area contributed by atoms with E-state index in [4.69, 9.17) is 55.9 Å². The van der Waals surface area contributed by atoms with E-state index < -0.39 is 0 Å². The second kappa shape index (κ2) is 8.29. The summed E-state index contributed by atoms with van der Waals surface area (Å²) in [5.74, 6) is 1.01. The van der Waals surface area contributed by atoms with Gasteiger partial charge in [0, 0.05) is 6.07 Å². The third kappa shape index (κ3) is 4.39. The van der Waals surface area contributed by atoms with E-state index in [0.717, 1.165) is 5.56 Å². The van der Waals surface area contributed by atoms with Crippen LogP contribution in [0, 0.1) is 0 Å². The maximum absolute atomic E-state index is 12.6. The average molecular weight is 466 g/mol. The molecule has 0 fully saturated rings. The monoisotopic (exact) mass is 464 g/mol. The predicted octanol–water partition coefficient (Wildman–Crippen LogP) is 7.50. The van der Waals surface area contributed by atoms with Crippen molar-refractivity contribution in [1.29, 1.82) is 0 Å². The van der Waals surface area contributed by atoms with Crippen molar-refractivity contribution in [2.24, 2.45) is 0 Å². The van der Waals surface area contributed by atoms with Gasteiger partial charge in [0.05, 0.1) is 25.7 Å². The van der Waals surface area contributed by atoms with Gasteiger partial charge in [0.15, 0.2) is 5.76 Å². The van der Waals surface area contributed by atoms with E-state index in [1.807, 2.05) is 6.07 Å². The van der Waals surface area contributed by atoms with Gasteiger partial charge in [0.25, 0.3) is 0 Å². The van der Waals surface area contributed by atoms with Gasteiger partial charge < -0.3 is 9.47 Å². The number of carbonyl (C=O) groups is 1. The normalized spacial score (nSPS) is 14.1. The minimum absolute atomic E-state index is 0.206. The second-order valence-electron chi connectivity index (χ2n) is 6.31. The smallest absolute Gasteiger partial charge is 0.231 e. The standard InChI is InChI=1S/C22H12Cl4O3/c23-16-5-1-12(7-18(16)25)9-21-22(27)15-4-3-14(10-20(15)29-21)28-11-13-2-6-17(24)19(26)8-13/h1-10H,11H2. The van der Waals surface area contributed by atoms with E-state index in [-0.39, 0.29) is 11.5 Å². The molecule has 29 heavy (non-hydrogen) atoms. The summed E-state index contributed by atoms with van der Waals surface area (Å²) in [5, 5.41) is 1.80. The van der Waals surface area contributed by atoms with Crippen LogP contribution in [-0.4, -0.2) is 5.78 Å². The van der Waals surface area contributed by atoms with Crippen molar-refractivity contribution >= 4 is 58.3 Å². The van der Waals surface area contributed by atoms with Crippen LogP contribution in [0.4, 0.5) is 0 Å². The molecule has 146 valence electrons. The highest BCUT2D eigenvalue weighted by Gasteiger charge is 2.27. The molecule has 3 aromatic rings. The Hall–Kier alpha value is -2.17. The van der Waals surface area contributed by atoms with Crippen LogP contribution in [-0.2, 0) is 6.61 Å². The molecule has 0 aromatic heterocycles. The van der Waals surface area contributed by atoms with E-state index in [0.29, 0.717) is 49.3 Å². The lowest BCUT2D eigenvalue weighted by molar-refractivity contribution is 0.101. The number of benzene rings is 3. The molecule has 0 spiro atoms. The van der Waals surface area contributed by atoms with Gasteiger partial charge >= 0.3 is 0 Å². The number of hydrogen-bond acceptors (Lipinski definition) is 3. The molecule has 0 unspecified atom stereocenters.